The first-order valence-electron chi connectivity index (χ1n) is 7.13. The van der Waals surface area contributed by atoms with Crippen LogP contribution < -0.4 is 4.90 Å². The van der Waals surface area contributed by atoms with Crippen LogP contribution in [0.4, 0.5) is 5.69 Å². The number of nitrogens with zero attached hydrogens (tertiary/aromatic N) is 1. The van der Waals surface area contributed by atoms with Gasteiger partial charge in [0.25, 0.3) is 0 Å². The lowest BCUT2D eigenvalue weighted by Gasteiger charge is -2.36. The van der Waals surface area contributed by atoms with Gasteiger partial charge in [0.15, 0.2) is 6.29 Å². The summed E-state index contributed by atoms with van der Waals surface area (Å²) in [5, 5.41) is 0.619. The molecule has 0 spiro atoms. The predicted molar refractivity (Wildman–Crippen MR) is 81.3 cm³/mol. The molecule has 0 saturated heterocycles. The zero-order valence-corrected chi connectivity index (χ0v) is 12.5. The number of carbonyl (C=O) groups excluding carboxylic acids is 1. The SMILES string of the molecule is CCC1CCC(N(C)c2ccc(Cl)cc2C=O)CC1. The number of rotatable bonds is 4. The molecule has 1 aliphatic carbocycles. The summed E-state index contributed by atoms with van der Waals surface area (Å²) >= 11 is 5.95. The largest absolute Gasteiger partial charge is 0.371 e. The predicted octanol–water partition coefficient (Wildman–Crippen LogP) is 4.56. The van der Waals surface area contributed by atoms with Gasteiger partial charge in [0, 0.05) is 29.4 Å². The van der Waals surface area contributed by atoms with Crippen molar-refractivity contribution in [1.82, 2.24) is 0 Å². The van der Waals surface area contributed by atoms with Crippen molar-refractivity contribution in [2.45, 2.75) is 45.1 Å². The minimum absolute atomic E-state index is 0.544. The van der Waals surface area contributed by atoms with Gasteiger partial charge in [-0.2, -0.15) is 0 Å². The lowest BCUT2D eigenvalue weighted by atomic mass is 9.84. The molecule has 0 atom stereocenters. The van der Waals surface area contributed by atoms with Gasteiger partial charge in [-0.05, 0) is 49.8 Å². The molecule has 0 unspecified atom stereocenters. The highest BCUT2D eigenvalue weighted by molar-refractivity contribution is 6.31. The van der Waals surface area contributed by atoms with Gasteiger partial charge in [-0.15, -0.1) is 0 Å². The number of anilines is 1. The van der Waals surface area contributed by atoms with Crippen molar-refractivity contribution in [2.75, 3.05) is 11.9 Å². The Kier molecular flexibility index (Phi) is 4.87. The average molecular weight is 280 g/mol. The van der Waals surface area contributed by atoms with Crippen molar-refractivity contribution < 1.29 is 4.79 Å². The number of hydrogen-bond acceptors (Lipinski definition) is 2. The Labute approximate surface area is 120 Å². The molecular weight excluding hydrogens is 258 g/mol. The molecule has 0 amide bonds. The maximum atomic E-state index is 11.2. The van der Waals surface area contributed by atoms with Gasteiger partial charge in [0.05, 0.1) is 0 Å². The van der Waals surface area contributed by atoms with Gasteiger partial charge < -0.3 is 4.90 Å². The Bertz CT molecular complexity index is 438. The summed E-state index contributed by atoms with van der Waals surface area (Å²) in [6.07, 6.45) is 7.23. The van der Waals surface area contributed by atoms with Crippen molar-refractivity contribution in [3.8, 4) is 0 Å². The molecule has 1 fully saturated rings. The highest BCUT2D eigenvalue weighted by Crippen LogP contribution is 2.32. The lowest BCUT2D eigenvalue weighted by molar-refractivity contribution is 0.112. The van der Waals surface area contributed by atoms with E-state index in [1.54, 1.807) is 6.07 Å². The van der Waals surface area contributed by atoms with E-state index >= 15 is 0 Å². The van der Waals surface area contributed by atoms with Crippen LogP contribution in [0, 0.1) is 5.92 Å². The summed E-state index contributed by atoms with van der Waals surface area (Å²) in [6, 6.07) is 6.11. The summed E-state index contributed by atoms with van der Waals surface area (Å²) in [5.74, 6) is 0.889. The van der Waals surface area contributed by atoms with Crippen LogP contribution in [0.25, 0.3) is 0 Å². The third kappa shape index (κ3) is 3.30. The molecular formula is C16H22ClNO. The molecule has 0 heterocycles. The lowest BCUT2D eigenvalue weighted by Crippen LogP contribution is -2.35. The second kappa shape index (κ2) is 6.42. The number of benzene rings is 1. The average Bonchev–Trinajstić information content (AvgIpc) is 2.46. The molecule has 19 heavy (non-hydrogen) atoms. The van der Waals surface area contributed by atoms with Crippen LogP contribution in [0.1, 0.15) is 49.4 Å². The maximum Gasteiger partial charge on any atom is 0.152 e. The van der Waals surface area contributed by atoms with Crippen molar-refractivity contribution in [3.05, 3.63) is 28.8 Å². The first-order valence-corrected chi connectivity index (χ1v) is 7.51. The normalized spacial score (nSPS) is 23.1. The first-order chi connectivity index (χ1) is 9.15. The zero-order chi connectivity index (χ0) is 13.8. The summed E-state index contributed by atoms with van der Waals surface area (Å²) < 4.78 is 0. The van der Waals surface area contributed by atoms with Crippen LogP contribution in [-0.2, 0) is 0 Å². The highest BCUT2D eigenvalue weighted by Gasteiger charge is 2.24. The van der Waals surface area contributed by atoms with E-state index in [1.807, 2.05) is 12.1 Å². The number of halogens is 1. The number of carbonyl (C=O) groups is 1. The molecule has 0 aromatic heterocycles. The molecule has 3 heteroatoms. The van der Waals surface area contributed by atoms with Gasteiger partial charge in [0.2, 0.25) is 0 Å². The fourth-order valence-electron chi connectivity index (χ4n) is 3.08. The highest BCUT2D eigenvalue weighted by atomic mass is 35.5. The van der Waals surface area contributed by atoms with E-state index in [9.17, 15) is 4.79 Å². The molecule has 1 aliphatic rings. The number of hydrogen-bond donors (Lipinski definition) is 0. The van der Waals surface area contributed by atoms with Crippen molar-refractivity contribution in [3.63, 3.8) is 0 Å². The Balaban J connectivity index is 2.11. The second-order valence-electron chi connectivity index (χ2n) is 5.51. The third-order valence-electron chi connectivity index (χ3n) is 4.44. The van der Waals surface area contributed by atoms with E-state index in [2.05, 4.69) is 18.9 Å². The summed E-state index contributed by atoms with van der Waals surface area (Å²) in [4.78, 5) is 13.4. The minimum Gasteiger partial charge on any atom is -0.371 e. The van der Waals surface area contributed by atoms with Gasteiger partial charge in [0.1, 0.15) is 0 Å². The second-order valence-corrected chi connectivity index (χ2v) is 5.95. The van der Waals surface area contributed by atoms with Gasteiger partial charge in [-0.3, -0.25) is 4.79 Å². The molecule has 0 radical (unpaired) electrons. The van der Waals surface area contributed by atoms with Gasteiger partial charge in [-0.1, -0.05) is 24.9 Å². The molecule has 2 rings (SSSR count). The standard InChI is InChI=1S/C16H22ClNO/c1-3-12-4-7-15(8-5-12)18(2)16-9-6-14(17)10-13(16)11-19/h6,9-12,15H,3-5,7-8H2,1-2H3. The Morgan fingerprint density at radius 3 is 2.58 bits per heavy atom. The van der Waals surface area contributed by atoms with Crippen LogP contribution in [0.3, 0.4) is 0 Å². The van der Waals surface area contributed by atoms with Crippen LogP contribution in [0.15, 0.2) is 18.2 Å². The third-order valence-corrected chi connectivity index (χ3v) is 4.67. The minimum atomic E-state index is 0.544. The van der Waals surface area contributed by atoms with E-state index < -0.39 is 0 Å². The Morgan fingerprint density at radius 2 is 2.00 bits per heavy atom. The van der Waals surface area contributed by atoms with E-state index in [0.717, 1.165) is 17.9 Å². The van der Waals surface area contributed by atoms with Crippen LogP contribution in [0.2, 0.25) is 5.02 Å². The zero-order valence-electron chi connectivity index (χ0n) is 11.7. The van der Waals surface area contributed by atoms with Gasteiger partial charge >= 0.3 is 0 Å². The molecule has 0 N–H and O–H groups in total. The fourth-order valence-corrected chi connectivity index (χ4v) is 3.26. The van der Waals surface area contributed by atoms with Gasteiger partial charge in [-0.25, -0.2) is 0 Å². The summed E-state index contributed by atoms with van der Waals surface area (Å²) in [7, 11) is 2.09. The van der Waals surface area contributed by atoms with Crippen LogP contribution in [-0.4, -0.2) is 19.4 Å². The maximum absolute atomic E-state index is 11.2. The van der Waals surface area contributed by atoms with E-state index in [1.165, 1.54) is 32.1 Å². The van der Waals surface area contributed by atoms with Crippen molar-refractivity contribution >= 4 is 23.6 Å². The fraction of sp³-hybridized carbons (Fsp3) is 0.562. The Morgan fingerprint density at radius 1 is 1.32 bits per heavy atom. The molecule has 1 aromatic carbocycles. The number of aldehydes is 1. The quantitative estimate of drug-likeness (QED) is 0.753. The van der Waals surface area contributed by atoms with E-state index in [4.69, 9.17) is 11.6 Å². The molecule has 1 saturated carbocycles. The van der Waals surface area contributed by atoms with Crippen LogP contribution in [0.5, 0.6) is 0 Å². The molecule has 1 aromatic rings. The topological polar surface area (TPSA) is 20.3 Å². The van der Waals surface area contributed by atoms with Crippen molar-refractivity contribution in [2.24, 2.45) is 5.92 Å². The molecule has 2 nitrogen and oxygen atoms in total. The van der Waals surface area contributed by atoms with Crippen molar-refractivity contribution in [1.29, 1.82) is 0 Å². The summed E-state index contributed by atoms with van der Waals surface area (Å²) in [6.45, 7) is 2.28. The molecule has 0 bridgehead atoms. The van der Waals surface area contributed by atoms with E-state index in [-0.39, 0.29) is 0 Å². The smallest absolute Gasteiger partial charge is 0.152 e. The van der Waals surface area contributed by atoms with E-state index in [0.29, 0.717) is 16.6 Å². The molecule has 104 valence electrons. The van der Waals surface area contributed by atoms with Crippen LogP contribution >= 0.6 is 11.6 Å². The molecule has 0 aliphatic heterocycles. The summed E-state index contributed by atoms with van der Waals surface area (Å²) in [5.41, 5.74) is 1.69. The first kappa shape index (κ1) is 14.4. The monoisotopic (exact) mass is 279 g/mol. The Hall–Kier alpha value is -1.02.